The minimum absolute atomic E-state index is 0.123. The second kappa shape index (κ2) is 2.85. The van der Waals surface area contributed by atoms with Crippen LogP contribution in [0.5, 0.6) is 0 Å². The maximum atomic E-state index is 5.57. The summed E-state index contributed by atoms with van der Waals surface area (Å²) in [6.07, 6.45) is 0. The molecule has 8 heavy (non-hydrogen) atoms. The number of hydrogen-bond acceptors (Lipinski definition) is 1. The third-order valence-corrected chi connectivity index (χ3v) is 1.82. The van der Waals surface area contributed by atoms with E-state index in [0.717, 1.165) is 0 Å². The summed E-state index contributed by atoms with van der Waals surface area (Å²) in [6.45, 7) is 8.20. The molecule has 0 spiro atoms. The molecular formula is C5H13ClOSi. The molecule has 0 aliphatic carbocycles. The minimum atomic E-state index is -1.35. The van der Waals surface area contributed by atoms with Crippen molar-refractivity contribution in [3.8, 4) is 0 Å². The Kier molecular flexibility index (Phi) is 3.02. The topological polar surface area (TPSA) is 9.23 Å². The van der Waals surface area contributed by atoms with Gasteiger partial charge in [-0.2, -0.15) is 0 Å². The van der Waals surface area contributed by atoms with Crippen LogP contribution in [0.3, 0.4) is 0 Å². The average Bonchev–Trinajstić information content (AvgIpc) is 1.21. The van der Waals surface area contributed by atoms with E-state index in [9.17, 15) is 0 Å². The van der Waals surface area contributed by atoms with Crippen LogP contribution in [-0.4, -0.2) is 13.9 Å². The molecule has 0 saturated carbocycles. The minimum Gasteiger partial charge on any atom is -0.402 e. The van der Waals surface area contributed by atoms with E-state index in [0.29, 0.717) is 0 Å². The van der Waals surface area contributed by atoms with Crippen LogP contribution in [0.1, 0.15) is 6.92 Å². The Bertz CT molecular complexity index is 67.3. The summed E-state index contributed by atoms with van der Waals surface area (Å²) in [7, 11) is -1.35. The van der Waals surface area contributed by atoms with Crippen molar-refractivity contribution in [2.75, 3.05) is 0 Å². The van der Waals surface area contributed by atoms with E-state index in [4.69, 9.17) is 16.0 Å². The van der Waals surface area contributed by atoms with Gasteiger partial charge in [0, 0.05) is 0 Å². The highest BCUT2D eigenvalue weighted by atomic mass is 35.5. The van der Waals surface area contributed by atoms with Gasteiger partial charge in [-0.05, 0) is 26.6 Å². The molecule has 0 aliphatic rings. The van der Waals surface area contributed by atoms with E-state index in [1.54, 1.807) is 0 Å². The molecule has 0 N–H and O–H groups in total. The lowest BCUT2D eigenvalue weighted by Gasteiger charge is -2.18. The predicted octanol–water partition coefficient (Wildman–Crippen LogP) is 2.42. The Balaban J connectivity index is 3.39. The Morgan fingerprint density at radius 3 is 1.75 bits per heavy atom. The number of alkyl halides is 1. The summed E-state index contributed by atoms with van der Waals surface area (Å²) in [4.78, 5) is 0. The molecule has 0 radical (unpaired) electrons. The Hall–Kier alpha value is 0.467. The monoisotopic (exact) mass is 152 g/mol. The lowest BCUT2D eigenvalue weighted by molar-refractivity contribution is 0.294. The molecule has 0 fully saturated rings. The zero-order valence-corrected chi connectivity index (χ0v) is 7.62. The second-order valence-corrected chi connectivity index (χ2v) is 7.85. The van der Waals surface area contributed by atoms with Gasteiger partial charge in [-0.3, -0.25) is 0 Å². The molecule has 1 atom stereocenters. The van der Waals surface area contributed by atoms with E-state index in [1.807, 2.05) is 6.92 Å². The van der Waals surface area contributed by atoms with E-state index in [-0.39, 0.29) is 5.56 Å². The van der Waals surface area contributed by atoms with Gasteiger partial charge in [0.2, 0.25) is 0 Å². The molecule has 3 heteroatoms. The van der Waals surface area contributed by atoms with Gasteiger partial charge in [-0.15, -0.1) is 0 Å². The Labute approximate surface area is 57.1 Å². The number of halogens is 1. The van der Waals surface area contributed by atoms with Crippen LogP contribution in [0.4, 0.5) is 0 Å². The van der Waals surface area contributed by atoms with Crippen LogP contribution < -0.4 is 0 Å². The van der Waals surface area contributed by atoms with Crippen LogP contribution in [0.15, 0.2) is 0 Å². The molecule has 1 nitrogen and oxygen atoms in total. The van der Waals surface area contributed by atoms with Crippen molar-refractivity contribution in [1.29, 1.82) is 0 Å². The molecule has 0 aromatic rings. The highest BCUT2D eigenvalue weighted by Crippen LogP contribution is 2.08. The zero-order chi connectivity index (χ0) is 6.78. The molecular weight excluding hydrogens is 140 g/mol. The first-order chi connectivity index (χ1) is 3.42. The highest BCUT2D eigenvalue weighted by Gasteiger charge is 2.15. The summed E-state index contributed by atoms with van der Waals surface area (Å²) in [5.74, 6) is 0. The van der Waals surface area contributed by atoms with Crippen molar-refractivity contribution in [3.63, 3.8) is 0 Å². The van der Waals surface area contributed by atoms with Gasteiger partial charge >= 0.3 is 0 Å². The summed E-state index contributed by atoms with van der Waals surface area (Å²) in [5.41, 5.74) is -0.123. The molecule has 0 aromatic carbocycles. The molecule has 0 aliphatic heterocycles. The fraction of sp³-hybridized carbons (Fsp3) is 1.00. The number of hydrogen-bond donors (Lipinski definition) is 0. The van der Waals surface area contributed by atoms with Gasteiger partial charge in [0.25, 0.3) is 0 Å². The third-order valence-electron chi connectivity index (χ3n) is 0.516. The van der Waals surface area contributed by atoms with E-state index >= 15 is 0 Å². The molecule has 0 bridgehead atoms. The number of rotatable bonds is 2. The van der Waals surface area contributed by atoms with Gasteiger partial charge in [0.05, 0.1) is 0 Å². The fourth-order valence-corrected chi connectivity index (χ4v) is 2.26. The molecule has 0 saturated heterocycles. The van der Waals surface area contributed by atoms with E-state index < -0.39 is 8.32 Å². The molecule has 0 heterocycles. The SMILES string of the molecule is CC(Cl)O[Si](C)(C)C. The summed E-state index contributed by atoms with van der Waals surface area (Å²) in [6, 6.07) is 0. The van der Waals surface area contributed by atoms with Crippen LogP contribution in [-0.2, 0) is 4.43 Å². The lowest BCUT2D eigenvalue weighted by atomic mass is 10.9. The Morgan fingerprint density at radius 1 is 1.38 bits per heavy atom. The first-order valence-corrected chi connectivity index (χ1v) is 6.58. The van der Waals surface area contributed by atoms with Gasteiger partial charge in [0.1, 0.15) is 5.56 Å². The quantitative estimate of drug-likeness (QED) is 0.436. The highest BCUT2D eigenvalue weighted by molar-refractivity contribution is 6.70. The van der Waals surface area contributed by atoms with Crippen molar-refractivity contribution in [2.45, 2.75) is 32.1 Å². The Morgan fingerprint density at radius 2 is 1.75 bits per heavy atom. The van der Waals surface area contributed by atoms with Crippen molar-refractivity contribution in [2.24, 2.45) is 0 Å². The van der Waals surface area contributed by atoms with Crippen molar-refractivity contribution < 1.29 is 4.43 Å². The molecule has 0 rings (SSSR count). The normalized spacial score (nSPS) is 16.1. The smallest absolute Gasteiger partial charge is 0.185 e. The van der Waals surface area contributed by atoms with Gasteiger partial charge in [-0.1, -0.05) is 11.6 Å². The fourth-order valence-electron chi connectivity index (χ4n) is 0.487. The maximum absolute atomic E-state index is 5.57. The summed E-state index contributed by atoms with van der Waals surface area (Å²) < 4.78 is 5.34. The van der Waals surface area contributed by atoms with Gasteiger partial charge in [0.15, 0.2) is 8.32 Å². The second-order valence-electron chi connectivity index (χ2n) is 2.77. The molecule has 50 valence electrons. The first-order valence-electron chi connectivity index (χ1n) is 2.74. The van der Waals surface area contributed by atoms with Crippen LogP contribution in [0.25, 0.3) is 0 Å². The molecule has 0 aromatic heterocycles. The van der Waals surface area contributed by atoms with Gasteiger partial charge < -0.3 is 4.43 Å². The molecule has 1 unspecified atom stereocenters. The predicted molar refractivity (Wildman–Crippen MR) is 39.7 cm³/mol. The summed E-state index contributed by atoms with van der Waals surface area (Å²) >= 11 is 5.57. The third kappa shape index (κ3) is 6.47. The van der Waals surface area contributed by atoms with E-state index in [1.165, 1.54) is 0 Å². The largest absolute Gasteiger partial charge is 0.402 e. The zero-order valence-electron chi connectivity index (χ0n) is 5.86. The summed E-state index contributed by atoms with van der Waals surface area (Å²) in [5, 5.41) is 0. The standard InChI is InChI=1S/C5H13ClOSi/c1-5(6)7-8(2,3)4/h5H,1-4H3. The molecule has 0 amide bonds. The van der Waals surface area contributed by atoms with Gasteiger partial charge in [-0.25, -0.2) is 0 Å². The van der Waals surface area contributed by atoms with Crippen molar-refractivity contribution >= 4 is 19.9 Å². The van der Waals surface area contributed by atoms with Crippen LogP contribution in [0, 0.1) is 0 Å². The van der Waals surface area contributed by atoms with Crippen molar-refractivity contribution in [3.05, 3.63) is 0 Å². The van der Waals surface area contributed by atoms with E-state index in [2.05, 4.69) is 19.6 Å². The first kappa shape index (κ1) is 8.47. The van der Waals surface area contributed by atoms with Crippen molar-refractivity contribution in [1.82, 2.24) is 0 Å². The lowest BCUT2D eigenvalue weighted by Crippen LogP contribution is -2.27. The average molecular weight is 153 g/mol. The van der Waals surface area contributed by atoms with Crippen LogP contribution >= 0.6 is 11.6 Å². The maximum Gasteiger partial charge on any atom is 0.185 e. The van der Waals surface area contributed by atoms with Crippen LogP contribution in [0.2, 0.25) is 19.6 Å².